The Morgan fingerprint density at radius 2 is 1.06 bits per heavy atom. The fourth-order valence-corrected chi connectivity index (χ4v) is 7.76. The number of nitrogens with one attached hydrogen (secondary N) is 9. The summed E-state index contributed by atoms with van der Waals surface area (Å²) in [7, 11) is 0. The average molecular weight is 1100 g/mol. The zero-order valence-corrected chi connectivity index (χ0v) is 44.2. The zero-order chi connectivity index (χ0) is 58.0. The Kier molecular flexibility index (Phi) is 25.1. The zero-order valence-electron chi connectivity index (χ0n) is 44.2. The van der Waals surface area contributed by atoms with Crippen molar-refractivity contribution in [2.75, 3.05) is 42.1 Å². The lowest BCUT2D eigenvalue weighted by Gasteiger charge is -2.27. The van der Waals surface area contributed by atoms with Crippen molar-refractivity contribution in [3.8, 4) is 0 Å². The molecular formula is C53H68N12O14. The van der Waals surface area contributed by atoms with Gasteiger partial charge in [0.1, 0.15) is 25.3 Å². The van der Waals surface area contributed by atoms with Gasteiger partial charge in [-0.05, 0) is 91.1 Å². The van der Waals surface area contributed by atoms with Gasteiger partial charge in [-0.1, -0.05) is 52.0 Å². The van der Waals surface area contributed by atoms with Crippen molar-refractivity contribution >= 4 is 89.3 Å². The van der Waals surface area contributed by atoms with Crippen molar-refractivity contribution in [1.82, 2.24) is 36.8 Å². The van der Waals surface area contributed by atoms with Crippen LogP contribution in [0.1, 0.15) is 91.6 Å². The molecule has 0 bridgehead atoms. The molecular weight excluding hydrogens is 1030 g/mol. The maximum Gasteiger partial charge on any atom is 0.312 e. The highest BCUT2D eigenvalue weighted by molar-refractivity contribution is 6.13. The van der Waals surface area contributed by atoms with Gasteiger partial charge in [0.15, 0.2) is 0 Å². The second-order valence-corrected chi connectivity index (χ2v) is 18.9. The van der Waals surface area contributed by atoms with Crippen molar-refractivity contribution in [3.05, 3.63) is 101 Å². The number of nitrogens with two attached hydrogens (primary N) is 2. The average Bonchev–Trinajstić information content (AvgIpc) is 3.73. The molecule has 3 aromatic carbocycles. The Balaban J connectivity index is 1.59. The molecule has 0 saturated heterocycles. The summed E-state index contributed by atoms with van der Waals surface area (Å²) >= 11 is 0. The quantitative estimate of drug-likeness (QED) is 0.0233. The van der Waals surface area contributed by atoms with E-state index < -0.39 is 89.4 Å². The highest BCUT2D eigenvalue weighted by atomic mass is 16.5. The highest BCUT2D eigenvalue weighted by Crippen LogP contribution is 2.20. The van der Waals surface area contributed by atoms with Crippen LogP contribution in [0.15, 0.2) is 78.9 Å². The number of imide groups is 1. The van der Waals surface area contributed by atoms with E-state index in [-0.39, 0.29) is 87.8 Å². The number of ether oxygens (including phenoxy) is 2. The summed E-state index contributed by atoms with van der Waals surface area (Å²) in [6, 6.07) is 11.2. The van der Waals surface area contributed by atoms with Crippen LogP contribution < -0.4 is 59.3 Å². The van der Waals surface area contributed by atoms with Crippen LogP contribution in [0.3, 0.4) is 0 Å². The molecule has 1 aliphatic heterocycles. The number of nitrogens with zero attached hydrogens (tertiary/aromatic N) is 1. The second-order valence-electron chi connectivity index (χ2n) is 18.9. The SMILES string of the molecule is CC(C)C(CN[C@@H](CCCNC(N)=O)C(=O)Nc1ccc(COC=O)cc1)NC(=O)c1cc(NC(=O)CCN2C(=O)C=CC2=O)cc(C(=O)NC(C(=O)N[C@@H](CCCNC(N)=O)C(=O)Nc2ccc(COC=O)cc2)C(C)C)c1. The van der Waals surface area contributed by atoms with Crippen LogP contribution >= 0.6 is 0 Å². The van der Waals surface area contributed by atoms with Crippen molar-refractivity contribution in [2.45, 2.75) is 97.2 Å². The number of hydrogen-bond acceptors (Lipinski definition) is 15. The molecule has 26 heteroatoms. The van der Waals surface area contributed by atoms with Gasteiger partial charge in [0.2, 0.25) is 23.6 Å². The predicted molar refractivity (Wildman–Crippen MR) is 287 cm³/mol. The molecule has 13 N–H and O–H groups in total. The molecule has 1 aliphatic rings. The summed E-state index contributed by atoms with van der Waals surface area (Å²) in [5, 5.41) is 24.6. The predicted octanol–water partition coefficient (Wildman–Crippen LogP) is 1.41. The number of hydrogen-bond donors (Lipinski definition) is 11. The Morgan fingerprint density at radius 3 is 1.53 bits per heavy atom. The van der Waals surface area contributed by atoms with Gasteiger partial charge in [-0.2, -0.15) is 0 Å². The normalized spacial score (nSPS) is 13.3. The number of primary amides is 2. The van der Waals surface area contributed by atoms with Crippen LogP contribution in [-0.4, -0.2) is 128 Å². The largest absolute Gasteiger partial charge is 0.463 e. The van der Waals surface area contributed by atoms with Crippen LogP contribution in [-0.2, 0) is 61.0 Å². The Hall–Kier alpha value is -9.20. The van der Waals surface area contributed by atoms with Crippen LogP contribution in [0.4, 0.5) is 26.7 Å². The maximum absolute atomic E-state index is 14.3. The van der Waals surface area contributed by atoms with Gasteiger partial charge in [-0.3, -0.25) is 52.8 Å². The molecule has 0 aliphatic carbocycles. The van der Waals surface area contributed by atoms with Gasteiger partial charge in [0, 0.05) is 79.0 Å². The van der Waals surface area contributed by atoms with Crippen LogP contribution in [0.25, 0.3) is 0 Å². The van der Waals surface area contributed by atoms with Crippen LogP contribution in [0.2, 0.25) is 0 Å². The standard InChI is InChI=1S/C53H68N12O14/c1-31(2)42(26-58-40(7-5-20-56-52(54)76)49(73)60-37-13-9-33(10-14-37)27-78-29-66)63-47(71)35-23-36(25-39(24-35)59-43(68)19-22-65-44(69)17-18-45(65)70)48(72)64-46(32(3)4)51(75)62-41(8-6-21-57-53(55)77)50(74)61-38-15-11-34(12-16-38)28-79-30-67/h9-18,23-25,29-32,40-42,46,58H,5-8,19-22,26-28H2,1-4H3,(H,59,68)(H,60,73)(H,61,74)(H,62,75)(H,63,71)(H,64,72)(H3,54,56,76)(H3,55,57,77)/t40-,41-,42?,46?/m0/s1. The lowest BCUT2D eigenvalue weighted by Crippen LogP contribution is -2.54. The smallest absolute Gasteiger partial charge is 0.312 e. The Bertz CT molecular complexity index is 2680. The third-order valence-electron chi connectivity index (χ3n) is 12.1. The first-order valence-corrected chi connectivity index (χ1v) is 25.3. The third-order valence-corrected chi connectivity index (χ3v) is 12.1. The van der Waals surface area contributed by atoms with E-state index in [0.29, 0.717) is 41.9 Å². The molecule has 0 spiro atoms. The lowest BCUT2D eigenvalue weighted by atomic mass is 10.00. The fraction of sp³-hybridized carbons (Fsp3) is 0.396. The van der Waals surface area contributed by atoms with E-state index in [4.69, 9.17) is 20.9 Å². The first-order valence-electron chi connectivity index (χ1n) is 25.3. The first-order chi connectivity index (χ1) is 37.7. The Morgan fingerprint density at radius 1 is 0.582 bits per heavy atom. The van der Waals surface area contributed by atoms with E-state index >= 15 is 0 Å². The van der Waals surface area contributed by atoms with Crippen LogP contribution in [0, 0.1) is 11.8 Å². The molecule has 79 heavy (non-hydrogen) atoms. The van der Waals surface area contributed by atoms with Crippen molar-refractivity contribution in [1.29, 1.82) is 0 Å². The molecule has 424 valence electrons. The molecule has 4 atom stereocenters. The summed E-state index contributed by atoms with van der Waals surface area (Å²) in [5.74, 6) is -6.16. The minimum atomic E-state index is -1.29. The number of urea groups is 2. The molecule has 0 radical (unpaired) electrons. The minimum absolute atomic E-state index is 0.00570. The molecule has 0 fully saturated rings. The highest BCUT2D eigenvalue weighted by Gasteiger charge is 2.31. The van der Waals surface area contributed by atoms with E-state index in [1.165, 1.54) is 18.2 Å². The van der Waals surface area contributed by atoms with Gasteiger partial charge in [0.05, 0.1) is 6.04 Å². The van der Waals surface area contributed by atoms with E-state index in [2.05, 4.69) is 47.9 Å². The first kappa shape index (κ1) is 62.3. The monoisotopic (exact) mass is 1100 g/mol. The summed E-state index contributed by atoms with van der Waals surface area (Å²) in [5.41, 5.74) is 12.2. The third kappa shape index (κ3) is 21.4. The van der Waals surface area contributed by atoms with Crippen molar-refractivity contribution in [2.24, 2.45) is 23.3 Å². The number of rotatable bonds is 33. The molecule has 12 amide bonds. The molecule has 2 unspecified atom stereocenters. The molecule has 3 aromatic rings. The van der Waals surface area contributed by atoms with E-state index in [1.54, 1.807) is 62.4 Å². The van der Waals surface area contributed by atoms with Gasteiger partial charge in [-0.15, -0.1) is 0 Å². The summed E-state index contributed by atoms with van der Waals surface area (Å²) < 4.78 is 9.56. The van der Waals surface area contributed by atoms with Gasteiger partial charge >= 0.3 is 12.1 Å². The molecule has 0 saturated carbocycles. The number of amides is 12. The molecule has 4 rings (SSSR count). The summed E-state index contributed by atoms with van der Waals surface area (Å²) in [6.45, 7) is 7.61. The minimum Gasteiger partial charge on any atom is -0.463 e. The van der Waals surface area contributed by atoms with E-state index in [9.17, 15) is 57.5 Å². The number of benzene rings is 3. The van der Waals surface area contributed by atoms with Crippen molar-refractivity contribution in [3.63, 3.8) is 0 Å². The second kappa shape index (κ2) is 31.8. The van der Waals surface area contributed by atoms with Crippen LogP contribution in [0.5, 0.6) is 0 Å². The number of carbonyl (C=O) groups excluding carboxylic acids is 12. The number of carbonyl (C=O) groups is 12. The van der Waals surface area contributed by atoms with E-state index in [1.807, 2.05) is 13.8 Å². The lowest BCUT2D eigenvalue weighted by molar-refractivity contribution is -0.137. The van der Waals surface area contributed by atoms with Gasteiger partial charge in [-0.25, -0.2) is 9.59 Å². The van der Waals surface area contributed by atoms with Gasteiger partial charge in [0.25, 0.3) is 36.6 Å². The van der Waals surface area contributed by atoms with Gasteiger partial charge < -0.3 is 68.8 Å². The molecule has 0 aromatic heterocycles. The van der Waals surface area contributed by atoms with Crippen molar-refractivity contribution < 1.29 is 67.0 Å². The molecule has 1 heterocycles. The fourth-order valence-electron chi connectivity index (χ4n) is 7.76. The summed E-state index contributed by atoms with van der Waals surface area (Å²) in [4.78, 5) is 153. The molecule has 26 nitrogen and oxygen atoms in total. The number of anilines is 3. The maximum atomic E-state index is 14.3. The summed E-state index contributed by atoms with van der Waals surface area (Å²) in [6.07, 6.45) is 2.57. The van der Waals surface area contributed by atoms with E-state index in [0.717, 1.165) is 17.1 Å². The topological polar surface area (TPSA) is 387 Å². The Labute approximate surface area is 455 Å².